The van der Waals surface area contributed by atoms with Crippen molar-refractivity contribution in [3.63, 3.8) is 0 Å². The van der Waals surface area contributed by atoms with Crippen molar-refractivity contribution in [1.82, 2.24) is 0 Å². The largest absolute Gasteiger partial charge is 0.323 e. The topological polar surface area (TPSA) is 33.5 Å². The van der Waals surface area contributed by atoms with Gasteiger partial charge in [0.2, 0.25) is 0 Å². The van der Waals surface area contributed by atoms with Crippen LogP contribution in [-0.2, 0) is 11.3 Å². The van der Waals surface area contributed by atoms with Crippen LogP contribution >= 0.6 is 27.3 Å². The van der Waals surface area contributed by atoms with Gasteiger partial charge < -0.3 is 10.2 Å². The molecule has 2 aromatic rings. The van der Waals surface area contributed by atoms with Gasteiger partial charge in [-0.2, -0.15) is 0 Å². The van der Waals surface area contributed by atoms with E-state index >= 15 is 0 Å². The van der Waals surface area contributed by atoms with E-state index in [1.165, 1.54) is 9.78 Å². The highest BCUT2D eigenvalue weighted by Gasteiger charge is 2.14. The molecule has 112 valence electrons. The Kier molecular flexibility index (Phi) is 5.96. The zero-order valence-electron chi connectivity index (χ0n) is 12.3. The number of likely N-dealkylation sites (N-methyl/N-ethyl adjacent to an activating group) is 1. The number of amides is 1. The number of rotatable bonds is 6. The van der Waals surface area contributed by atoms with Crippen molar-refractivity contribution in [2.45, 2.75) is 20.4 Å². The molecule has 2 N–H and O–H groups in total. The van der Waals surface area contributed by atoms with Crippen LogP contribution in [0.5, 0.6) is 0 Å². The average molecular weight is 368 g/mol. The molecule has 1 amide bonds. The van der Waals surface area contributed by atoms with Crippen molar-refractivity contribution < 1.29 is 9.69 Å². The first-order chi connectivity index (χ1) is 10.1. The molecule has 1 aromatic heterocycles. The third kappa shape index (κ3) is 4.95. The molecule has 0 aliphatic carbocycles. The molecule has 0 spiro atoms. The van der Waals surface area contributed by atoms with E-state index in [-0.39, 0.29) is 5.91 Å². The maximum atomic E-state index is 12.2. The van der Waals surface area contributed by atoms with Crippen molar-refractivity contribution in [2.75, 3.05) is 18.4 Å². The predicted octanol–water partition coefficient (Wildman–Crippen LogP) is 2.86. The van der Waals surface area contributed by atoms with Crippen molar-refractivity contribution in [3.05, 3.63) is 50.6 Å². The van der Waals surface area contributed by atoms with Crippen molar-refractivity contribution in [2.24, 2.45) is 0 Å². The second-order valence-electron chi connectivity index (χ2n) is 5.04. The summed E-state index contributed by atoms with van der Waals surface area (Å²) in [6.45, 7) is 6.44. The van der Waals surface area contributed by atoms with Crippen LogP contribution in [-0.4, -0.2) is 19.0 Å². The molecular weight excluding hydrogens is 348 g/mol. The zero-order valence-corrected chi connectivity index (χ0v) is 14.7. The molecule has 3 nitrogen and oxygen atoms in total. The quantitative estimate of drug-likeness (QED) is 0.808. The lowest BCUT2D eigenvalue weighted by molar-refractivity contribution is -0.903. The van der Waals surface area contributed by atoms with Gasteiger partial charge in [-0.3, -0.25) is 4.79 Å². The van der Waals surface area contributed by atoms with E-state index in [1.54, 1.807) is 11.3 Å². The smallest absolute Gasteiger partial charge is 0.279 e. The summed E-state index contributed by atoms with van der Waals surface area (Å²) in [4.78, 5) is 14.8. The first-order valence-electron chi connectivity index (χ1n) is 7.00. The van der Waals surface area contributed by atoms with Gasteiger partial charge in [0, 0.05) is 10.2 Å². The first kappa shape index (κ1) is 16.2. The molecule has 0 fully saturated rings. The van der Waals surface area contributed by atoms with Gasteiger partial charge >= 0.3 is 0 Å². The van der Waals surface area contributed by atoms with Gasteiger partial charge in [0.1, 0.15) is 6.54 Å². The summed E-state index contributed by atoms with van der Waals surface area (Å²) in [5.74, 6) is 0.0637. The Hall–Kier alpha value is -1.17. The number of aryl methyl sites for hydroxylation is 1. The Morgan fingerprint density at radius 2 is 2.19 bits per heavy atom. The van der Waals surface area contributed by atoms with Crippen LogP contribution in [0.3, 0.4) is 0 Å². The number of benzene rings is 1. The lowest BCUT2D eigenvalue weighted by Gasteiger charge is -2.17. The van der Waals surface area contributed by atoms with Crippen molar-refractivity contribution in [1.29, 1.82) is 0 Å². The summed E-state index contributed by atoms with van der Waals surface area (Å²) in [7, 11) is 0. The van der Waals surface area contributed by atoms with E-state index in [0.717, 1.165) is 28.8 Å². The highest BCUT2D eigenvalue weighted by Crippen LogP contribution is 2.19. The molecule has 1 unspecified atom stereocenters. The molecule has 1 aromatic carbocycles. The van der Waals surface area contributed by atoms with Crippen LogP contribution in [0.4, 0.5) is 5.69 Å². The second-order valence-corrected chi connectivity index (χ2v) is 6.99. The minimum Gasteiger partial charge on any atom is -0.323 e. The van der Waals surface area contributed by atoms with E-state index < -0.39 is 0 Å². The summed E-state index contributed by atoms with van der Waals surface area (Å²) < 4.78 is 1.02. The van der Waals surface area contributed by atoms with Crippen molar-refractivity contribution in [3.8, 4) is 0 Å². The van der Waals surface area contributed by atoms with E-state index in [0.29, 0.717) is 6.54 Å². The number of hydrogen-bond acceptors (Lipinski definition) is 2. The molecule has 0 radical (unpaired) electrons. The zero-order chi connectivity index (χ0) is 15.2. The van der Waals surface area contributed by atoms with Gasteiger partial charge in [-0.1, -0.05) is 22.0 Å². The lowest BCUT2D eigenvalue weighted by atomic mass is 10.2. The highest BCUT2D eigenvalue weighted by atomic mass is 79.9. The Balaban J connectivity index is 1.93. The monoisotopic (exact) mass is 367 g/mol. The number of thiophene rings is 1. The number of quaternary nitrogens is 1. The molecule has 0 aliphatic rings. The Bertz CT molecular complexity index is 598. The number of nitrogens with one attached hydrogen (secondary N) is 2. The summed E-state index contributed by atoms with van der Waals surface area (Å²) in [5.41, 5.74) is 1.95. The average Bonchev–Trinajstić information content (AvgIpc) is 2.94. The van der Waals surface area contributed by atoms with E-state index in [1.807, 2.05) is 25.1 Å². The van der Waals surface area contributed by atoms with Crippen LogP contribution in [0.1, 0.15) is 17.4 Å². The SMILES string of the molecule is CC[NH+](CC(=O)Nc1ccc(Br)cc1C)Cc1cccs1. The summed E-state index contributed by atoms with van der Waals surface area (Å²) in [5, 5.41) is 5.08. The summed E-state index contributed by atoms with van der Waals surface area (Å²) >= 11 is 5.18. The van der Waals surface area contributed by atoms with Gasteiger partial charge in [-0.05, 0) is 49.1 Å². The van der Waals surface area contributed by atoms with Gasteiger partial charge in [-0.25, -0.2) is 0 Å². The van der Waals surface area contributed by atoms with Crippen LogP contribution in [0.15, 0.2) is 40.2 Å². The molecular formula is C16H20BrN2OS+. The van der Waals surface area contributed by atoms with Gasteiger partial charge in [0.05, 0.1) is 11.4 Å². The molecule has 0 aliphatic heterocycles. The summed E-state index contributed by atoms with van der Waals surface area (Å²) in [6.07, 6.45) is 0. The van der Waals surface area contributed by atoms with Gasteiger partial charge in [-0.15, -0.1) is 11.3 Å². The molecule has 1 heterocycles. The molecule has 1 atom stereocenters. The number of hydrogen-bond donors (Lipinski definition) is 2. The Morgan fingerprint density at radius 3 is 2.81 bits per heavy atom. The lowest BCUT2D eigenvalue weighted by Crippen LogP contribution is -3.11. The minimum absolute atomic E-state index is 0.0637. The van der Waals surface area contributed by atoms with Crippen molar-refractivity contribution >= 4 is 38.9 Å². The molecule has 2 rings (SSSR count). The van der Waals surface area contributed by atoms with E-state index in [9.17, 15) is 4.79 Å². The van der Waals surface area contributed by atoms with E-state index in [2.05, 4.69) is 45.7 Å². The van der Waals surface area contributed by atoms with E-state index in [4.69, 9.17) is 0 Å². The molecule has 0 bridgehead atoms. The normalized spacial score (nSPS) is 12.1. The fraction of sp³-hybridized carbons (Fsp3) is 0.312. The summed E-state index contributed by atoms with van der Waals surface area (Å²) in [6, 6.07) is 10.1. The van der Waals surface area contributed by atoms with Crippen LogP contribution in [0.25, 0.3) is 0 Å². The molecule has 0 saturated carbocycles. The number of anilines is 1. The number of carbonyl (C=O) groups excluding carboxylic acids is 1. The second kappa shape index (κ2) is 7.73. The maximum Gasteiger partial charge on any atom is 0.279 e. The Labute approximate surface area is 138 Å². The van der Waals surface area contributed by atoms with Crippen LogP contribution in [0, 0.1) is 6.92 Å². The highest BCUT2D eigenvalue weighted by molar-refractivity contribution is 9.10. The molecule has 5 heteroatoms. The first-order valence-corrected chi connectivity index (χ1v) is 8.67. The molecule has 21 heavy (non-hydrogen) atoms. The fourth-order valence-electron chi connectivity index (χ4n) is 2.16. The Morgan fingerprint density at radius 1 is 1.38 bits per heavy atom. The van der Waals surface area contributed by atoms with Gasteiger partial charge in [0.15, 0.2) is 6.54 Å². The third-order valence-corrected chi connectivity index (χ3v) is 4.75. The fourth-order valence-corrected chi connectivity index (χ4v) is 3.41. The molecule has 0 saturated heterocycles. The number of carbonyl (C=O) groups is 1. The third-order valence-electron chi connectivity index (χ3n) is 3.38. The predicted molar refractivity (Wildman–Crippen MR) is 91.9 cm³/mol. The number of halogens is 1. The standard InChI is InChI=1S/C16H19BrN2OS/c1-3-19(10-14-5-4-8-21-14)11-16(20)18-15-7-6-13(17)9-12(15)2/h4-9H,3,10-11H2,1-2H3,(H,18,20)/p+1. The maximum absolute atomic E-state index is 12.2. The van der Waals surface area contributed by atoms with Gasteiger partial charge in [0.25, 0.3) is 5.91 Å². The van der Waals surface area contributed by atoms with Crippen LogP contribution in [0.2, 0.25) is 0 Å². The minimum atomic E-state index is 0.0637. The van der Waals surface area contributed by atoms with Crippen LogP contribution < -0.4 is 10.2 Å².